The second kappa shape index (κ2) is 5.76. The van der Waals surface area contributed by atoms with Crippen molar-refractivity contribution in [2.24, 2.45) is 0 Å². The van der Waals surface area contributed by atoms with Gasteiger partial charge in [0.25, 0.3) is 0 Å². The average Bonchev–Trinajstić information content (AvgIpc) is 3.03. The monoisotopic (exact) mass is 301 g/mol. The molecule has 7 nitrogen and oxygen atoms in total. The van der Waals surface area contributed by atoms with E-state index >= 15 is 0 Å². The molecule has 0 aliphatic carbocycles. The van der Waals surface area contributed by atoms with Crippen LogP contribution in [0.3, 0.4) is 0 Å². The van der Waals surface area contributed by atoms with Crippen LogP contribution in [0.5, 0.6) is 0 Å². The summed E-state index contributed by atoms with van der Waals surface area (Å²) in [5, 5.41) is 7.59. The summed E-state index contributed by atoms with van der Waals surface area (Å²) in [5.74, 6) is 1.50. The second-order valence-electron chi connectivity index (χ2n) is 4.25. The minimum atomic E-state index is 0.251. The number of hydrogen-bond acceptors (Lipinski definition) is 6. The molecule has 0 fully saturated rings. The van der Waals surface area contributed by atoms with Crippen LogP contribution in [0.1, 0.15) is 5.56 Å². The number of nitrogens with two attached hydrogens (primary N) is 1. The Kier molecular flexibility index (Phi) is 3.65. The summed E-state index contributed by atoms with van der Waals surface area (Å²) in [5.41, 5.74) is 6.65. The molecule has 0 saturated carbocycles. The Morgan fingerprint density at radius 2 is 2.14 bits per heavy atom. The van der Waals surface area contributed by atoms with Crippen LogP contribution in [-0.2, 0) is 6.54 Å². The lowest BCUT2D eigenvalue weighted by atomic mass is 10.2. The Hall–Kier alpha value is -2.67. The largest absolute Gasteiger partial charge is 0.382 e. The number of anilines is 2. The Morgan fingerprint density at radius 3 is 2.95 bits per heavy atom. The molecular formula is C13H12ClN7. The molecule has 0 amide bonds. The number of pyridine rings is 1. The van der Waals surface area contributed by atoms with E-state index in [1.807, 2.05) is 24.4 Å². The van der Waals surface area contributed by atoms with Crippen molar-refractivity contribution in [1.82, 2.24) is 24.7 Å². The topological polar surface area (TPSA) is 94.5 Å². The van der Waals surface area contributed by atoms with Crippen LogP contribution in [-0.4, -0.2) is 24.7 Å². The Bertz CT molecular complexity index is 742. The second-order valence-corrected chi connectivity index (χ2v) is 4.63. The van der Waals surface area contributed by atoms with Crippen LogP contribution in [0.15, 0.2) is 43.1 Å². The number of nitrogens with one attached hydrogen (secondary N) is 1. The smallest absolute Gasteiger partial charge is 0.153 e. The lowest BCUT2D eigenvalue weighted by Crippen LogP contribution is -2.06. The van der Waals surface area contributed by atoms with E-state index in [2.05, 4.69) is 25.4 Å². The fourth-order valence-electron chi connectivity index (χ4n) is 1.79. The lowest BCUT2D eigenvalue weighted by molar-refractivity contribution is 0.843. The molecule has 8 heteroatoms. The first-order valence-corrected chi connectivity index (χ1v) is 6.56. The normalized spacial score (nSPS) is 10.5. The summed E-state index contributed by atoms with van der Waals surface area (Å²) in [4.78, 5) is 12.1. The molecule has 3 N–H and O–H groups in total. The zero-order chi connectivity index (χ0) is 14.7. The third-order valence-electron chi connectivity index (χ3n) is 2.83. The van der Waals surface area contributed by atoms with Gasteiger partial charge in [-0.05, 0) is 23.8 Å². The third-order valence-corrected chi connectivity index (χ3v) is 3.20. The molecule has 3 aromatic heterocycles. The quantitative estimate of drug-likeness (QED) is 0.764. The summed E-state index contributed by atoms with van der Waals surface area (Å²) < 4.78 is 1.69. The van der Waals surface area contributed by atoms with E-state index in [1.165, 1.54) is 6.33 Å². The summed E-state index contributed by atoms with van der Waals surface area (Å²) in [6, 6.07) is 5.67. The molecular weight excluding hydrogens is 290 g/mol. The van der Waals surface area contributed by atoms with E-state index in [4.69, 9.17) is 17.3 Å². The van der Waals surface area contributed by atoms with Crippen LogP contribution in [0.25, 0.3) is 5.82 Å². The van der Waals surface area contributed by atoms with Crippen molar-refractivity contribution < 1.29 is 0 Å². The molecule has 0 aliphatic rings. The molecule has 106 valence electrons. The standard InChI is InChI=1S/C13H12ClN7/c14-11-12(15)18-8-19-13(11)17-7-9-2-4-16-10(6-9)21-5-1-3-20-21/h1-6,8H,7H2,(H3,15,17,18,19). The van der Waals surface area contributed by atoms with E-state index in [0.717, 1.165) is 11.4 Å². The highest BCUT2D eigenvalue weighted by molar-refractivity contribution is 6.35. The maximum atomic E-state index is 6.03. The number of hydrogen-bond donors (Lipinski definition) is 2. The Balaban J connectivity index is 1.77. The van der Waals surface area contributed by atoms with Gasteiger partial charge in [-0.2, -0.15) is 5.10 Å². The van der Waals surface area contributed by atoms with Crippen molar-refractivity contribution in [3.8, 4) is 5.82 Å². The van der Waals surface area contributed by atoms with Gasteiger partial charge in [-0.1, -0.05) is 11.6 Å². The van der Waals surface area contributed by atoms with Crippen LogP contribution in [0.2, 0.25) is 5.02 Å². The predicted molar refractivity (Wildman–Crippen MR) is 80.1 cm³/mol. The van der Waals surface area contributed by atoms with Crippen LogP contribution < -0.4 is 11.1 Å². The van der Waals surface area contributed by atoms with E-state index < -0.39 is 0 Å². The number of rotatable bonds is 4. The van der Waals surface area contributed by atoms with Crippen LogP contribution in [0.4, 0.5) is 11.6 Å². The molecule has 0 aliphatic heterocycles. The molecule has 3 rings (SSSR count). The van der Waals surface area contributed by atoms with Crippen LogP contribution in [0, 0.1) is 0 Å². The molecule has 0 radical (unpaired) electrons. The number of nitrogens with zero attached hydrogens (tertiary/aromatic N) is 5. The lowest BCUT2D eigenvalue weighted by Gasteiger charge is -2.09. The van der Waals surface area contributed by atoms with Gasteiger partial charge in [-0.25, -0.2) is 19.6 Å². The van der Waals surface area contributed by atoms with Gasteiger partial charge in [0.05, 0.1) is 0 Å². The minimum absolute atomic E-state index is 0.251. The van der Waals surface area contributed by atoms with Gasteiger partial charge >= 0.3 is 0 Å². The van der Waals surface area contributed by atoms with Crippen molar-refractivity contribution in [3.05, 3.63) is 53.7 Å². The van der Waals surface area contributed by atoms with Crippen molar-refractivity contribution >= 4 is 23.2 Å². The Morgan fingerprint density at radius 1 is 1.24 bits per heavy atom. The highest BCUT2D eigenvalue weighted by Gasteiger charge is 2.06. The van der Waals surface area contributed by atoms with Gasteiger partial charge in [-0.3, -0.25) is 0 Å². The van der Waals surface area contributed by atoms with E-state index in [1.54, 1.807) is 17.1 Å². The number of halogens is 1. The van der Waals surface area contributed by atoms with Crippen molar-refractivity contribution in [3.63, 3.8) is 0 Å². The molecule has 0 bridgehead atoms. The Labute approximate surface area is 125 Å². The zero-order valence-electron chi connectivity index (χ0n) is 10.9. The first-order chi connectivity index (χ1) is 10.2. The molecule has 0 aromatic carbocycles. The third kappa shape index (κ3) is 2.92. The number of nitrogen functional groups attached to an aromatic ring is 1. The fraction of sp³-hybridized carbons (Fsp3) is 0.0769. The SMILES string of the molecule is Nc1ncnc(NCc2ccnc(-n3cccn3)c2)c1Cl. The summed E-state index contributed by atoms with van der Waals surface area (Å²) in [6.45, 7) is 0.535. The van der Waals surface area contributed by atoms with Gasteiger partial charge in [-0.15, -0.1) is 0 Å². The van der Waals surface area contributed by atoms with Gasteiger partial charge < -0.3 is 11.1 Å². The van der Waals surface area contributed by atoms with Crippen molar-refractivity contribution in [2.75, 3.05) is 11.1 Å². The predicted octanol–water partition coefficient (Wildman–Crippen LogP) is 1.91. The van der Waals surface area contributed by atoms with Crippen molar-refractivity contribution in [2.45, 2.75) is 6.54 Å². The molecule has 0 unspecified atom stereocenters. The maximum absolute atomic E-state index is 6.03. The molecule has 21 heavy (non-hydrogen) atoms. The summed E-state index contributed by atoms with van der Waals surface area (Å²) in [6.07, 6.45) is 6.63. The minimum Gasteiger partial charge on any atom is -0.382 e. The van der Waals surface area contributed by atoms with Gasteiger partial charge in [0, 0.05) is 25.1 Å². The van der Waals surface area contributed by atoms with Gasteiger partial charge in [0.1, 0.15) is 17.2 Å². The van der Waals surface area contributed by atoms with E-state index in [9.17, 15) is 0 Å². The molecule has 0 atom stereocenters. The maximum Gasteiger partial charge on any atom is 0.153 e. The van der Waals surface area contributed by atoms with E-state index in [0.29, 0.717) is 17.4 Å². The first-order valence-electron chi connectivity index (χ1n) is 6.19. The average molecular weight is 302 g/mol. The number of aromatic nitrogens is 5. The highest BCUT2D eigenvalue weighted by atomic mass is 35.5. The van der Waals surface area contributed by atoms with Gasteiger partial charge in [0.15, 0.2) is 11.6 Å². The summed E-state index contributed by atoms with van der Waals surface area (Å²) in [7, 11) is 0. The van der Waals surface area contributed by atoms with E-state index in [-0.39, 0.29) is 5.82 Å². The van der Waals surface area contributed by atoms with Crippen molar-refractivity contribution in [1.29, 1.82) is 0 Å². The van der Waals surface area contributed by atoms with Gasteiger partial charge in [0.2, 0.25) is 0 Å². The molecule has 3 aromatic rings. The zero-order valence-corrected chi connectivity index (χ0v) is 11.7. The molecule has 0 saturated heterocycles. The molecule has 3 heterocycles. The first kappa shape index (κ1) is 13.3. The fourth-order valence-corrected chi connectivity index (χ4v) is 1.96. The molecule has 0 spiro atoms. The van der Waals surface area contributed by atoms with Crippen LogP contribution >= 0.6 is 11.6 Å². The highest BCUT2D eigenvalue weighted by Crippen LogP contribution is 2.23. The summed E-state index contributed by atoms with van der Waals surface area (Å²) >= 11 is 6.03.